The average Bonchev–Trinajstić information content (AvgIpc) is 3.37. The Labute approximate surface area is 240 Å². The van der Waals surface area contributed by atoms with Crippen molar-refractivity contribution in [2.75, 3.05) is 0 Å². The standard InChI is InChI=1S/C29H35N5O4S2/c1-18(2)38-28(35)33-22-10-6-19(7-11-22)27-32-17-25(39-27)24-13-9-20(21-8-12-23(15-30)31-16-21)14-26(24)40(36,37)34-29(3,4)5/h8-9,12-14,16-19,22,34H,6-7,10-11H2,1-5H3,(H,33,35)/t19-,22-. The zero-order chi connectivity index (χ0) is 29.1. The molecule has 0 saturated heterocycles. The third-order valence-electron chi connectivity index (χ3n) is 6.45. The highest BCUT2D eigenvalue weighted by atomic mass is 32.2. The van der Waals surface area contributed by atoms with E-state index in [0.29, 0.717) is 22.4 Å². The van der Waals surface area contributed by atoms with Gasteiger partial charge >= 0.3 is 6.09 Å². The molecule has 0 aliphatic heterocycles. The average molecular weight is 582 g/mol. The van der Waals surface area contributed by atoms with Crippen LogP contribution >= 0.6 is 11.3 Å². The second kappa shape index (κ2) is 12.0. The Hall–Kier alpha value is -3.33. The summed E-state index contributed by atoms with van der Waals surface area (Å²) in [6.45, 7) is 9.06. The van der Waals surface area contributed by atoms with E-state index in [1.165, 1.54) is 11.3 Å². The lowest BCUT2D eigenvalue weighted by molar-refractivity contribution is 0.109. The second-order valence-electron chi connectivity index (χ2n) is 11.3. The van der Waals surface area contributed by atoms with E-state index in [-0.39, 0.29) is 29.1 Å². The highest BCUT2D eigenvalue weighted by molar-refractivity contribution is 7.89. The van der Waals surface area contributed by atoms with Crippen molar-refractivity contribution in [2.24, 2.45) is 0 Å². The van der Waals surface area contributed by atoms with Crippen LogP contribution < -0.4 is 10.0 Å². The minimum Gasteiger partial charge on any atom is -0.447 e. The first kappa shape index (κ1) is 29.6. The Balaban J connectivity index is 1.60. The van der Waals surface area contributed by atoms with Crippen LogP contribution in [-0.2, 0) is 14.8 Å². The maximum absolute atomic E-state index is 13.6. The molecule has 1 amide bonds. The van der Waals surface area contributed by atoms with Crippen LogP contribution in [0.4, 0.5) is 4.79 Å². The summed E-state index contributed by atoms with van der Waals surface area (Å²) in [6, 6.07) is 10.8. The predicted molar refractivity (Wildman–Crippen MR) is 155 cm³/mol. The van der Waals surface area contributed by atoms with Crippen LogP contribution in [0, 0.1) is 11.3 Å². The molecule has 0 unspecified atom stereocenters. The topological polar surface area (TPSA) is 134 Å². The molecule has 9 nitrogen and oxygen atoms in total. The summed E-state index contributed by atoms with van der Waals surface area (Å²) in [5.41, 5.74) is 1.60. The van der Waals surface area contributed by atoms with Crippen molar-refractivity contribution >= 4 is 27.5 Å². The van der Waals surface area contributed by atoms with Crippen molar-refractivity contribution in [1.29, 1.82) is 5.26 Å². The number of hydrogen-bond acceptors (Lipinski definition) is 8. The van der Waals surface area contributed by atoms with Crippen LogP contribution in [0.2, 0.25) is 0 Å². The Morgan fingerprint density at radius 1 is 1.07 bits per heavy atom. The molecule has 0 spiro atoms. The number of benzene rings is 1. The molecule has 1 aliphatic carbocycles. The largest absolute Gasteiger partial charge is 0.447 e. The number of nitrogens with one attached hydrogen (secondary N) is 2. The molecule has 2 N–H and O–H groups in total. The van der Waals surface area contributed by atoms with Gasteiger partial charge in [-0.25, -0.2) is 27.9 Å². The van der Waals surface area contributed by atoms with E-state index in [1.807, 2.05) is 32.0 Å². The van der Waals surface area contributed by atoms with Crippen LogP contribution in [0.3, 0.4) is 0 Å². The molecule has 0 atom stereocenters. The minimum absolute atomic E-state index is 0.0754. The van der Waals surface area contributed by atoms with Gasteiger partial charge < -0.3 is 10.1 Å². The van der Waals surface area contributed by atoms with Gasteiger partial charge in [-0.2, -0.15) is 5.26 Å². The summed E-state index contributed by atoms with van der Waals surface area (Å²) in [5, 5.41) is 13.0. The minimum atomic E-state index is -3.88. The highest BCUT2D eigenvalue weighted by Gasteiger charge is 2.29. The van der Waals surface area contributed by atoms with Gasteiger partial charge in [-0.1, -0.05) is 12.1 Å². The van der Waals surface area contributed by atoms with E-state index in [4.69, 9.17) is 10.00 Å². The van der Waals surface area contributed by atoms with E-state index in [9.17, 15) is 13.2 Å². The molecule has 0 bridgehead atoms. The van der Waals surface area contributed by atoms with Crippen LogP contribution in [-0.4, -0.2) is 42.2 Å². The van der Waals surface area contributed by atoms with Crippen molar-refractivity contribution < 1.29 is 17.9 Å². The lowest BCUT2D eigenvalue weighted by Crippen LogP contribution is -2.40. The predicted octanol–water partition coefficient (Wildman–Crippen LogP) is 5.98. The molecule has 1 aromatic carbocycles. The molecule has 11 heteroatoms. The number of rotatable bonds is 7. The van der Waals surface area contributed by atoms with Gasteiger partial charge in [0.2, 0.25) is 10.0 Å². The molecule has 0 radical (unpaired) electrons. The quantitative estimate of drug-likeness (QED) is 0.350. The van der Waals surface area contributed by atoms with Crippen molar-refractivity contribution in [3.63, 3.8) is 0 Å². The van der Waals surface area contributed by atoms with Gasteiger partial charge in [-0.15, -0.1) is 11.3 Å². The number of thiazole rings is 1. The first-order chi connectivity index (χ1) is 18.8. The number of carbonyl (C=O) groups excluding carboxylic acids is 1. The summed E-state index contributed by atoms with van der Waals surface area (Å²) in [5.74, 6) is 0.245. The van der Waals surface area contributed by atoms with E-state index >= 15 is 0 Å². The molecule has 1 aliphatic rings. The van der Waals surface area contributed by atoms with Crippen molar-refractivity contribution in [2.45, 2.75) is 88.8 Å². The normalized spacial score (nSPS) is 17.8. The molecule has 212 valence electrons. The summed E-state index contributed by atoms with van der Waals surface area (Å²) in [6.07, 6.45) is 6.19. The fourth-order valence-corrected chi connectivity index (χ4v) is 7.57. The molecule has 2 heterocycles. The smallest absolute Gasteiger partial charge is 0.407 e. The van der Waals surface area contributed by atoms with Crippen LogP contribution in [0.1, 0.15) is 76.9 Å². The number of amides is 1. The number of sulfonamides is 1. The van der Waals surface area contributed by atoms with Gasteiger partial charge in [0, 0.05) is 41.0 Å². The SMILES string of the molecule is CC(C)OC(=O)N[C@H]1CC[C@H](c2ncc(-c3ccc(-c4ccc(C#N)nc4)cc3S(=O)(=O)NC(C)(C)C)s2)CC1. The fraction of sp³-hybridized carbons (Fsp3) is 0.448. The number of aromatic nitrogens is 2. The zero-order valence-corrected chi connectivity index (χ0v) is 25.0. The summed E-state index contributed by atoms with van der Waals surface area (Å²) in [7, 11) is -3.88. The first-order valence-corrected chi connectivity index (χ1v) is 15.6. The van der Waals surface area contributed by atoms with Crippen molar-refractivity contribution in [3.05, 3.63) is 53.4 Å². The molecular formula is C29H35N5O4S2. The van der Waals surface area contributed by atoms with E-state index in [0.717, 1.165) is 35.6 Å². The van der Waals surface area contributed by atoms with Crippen molar-refractivity contribution in [3.8, 4) is 27.6 Å². The molecule has 2 aromatic heterocycles. The van der Waals surface area contributed by atoms with E-state index in [2.05, 4.69) is 20.0 Å². The van der Waals surface area contributed by atoms with Crippen LogP contribution in [0.25, 0.3) is 21.6 Å². The molecule has 3 aromatic rings. The number of hydrogen-bond donors (Lipinski definition) is 2. The van der Waals surface area contributed by atoms with Crippen LogP contribution in [0.5, 0.6) is 0 Å². The maximum atomic E-state index is 13.6. The second-order valence-corrected chi connectivity index (χ2v) is 14.0. The number of pyridine rings is 1. The Kier molecular flexibility index (Phi) is 8.93. The molecule has 1 saturated carbocycles. The van der Waals surface area contributed by atoms with E-state index < -0.39 is 15.6 Å². The third-order valence-corrected chi connectivity index (χ3v) is 9.44. The zero-order valence-electron chi connectivity index (χ0n) is 23.4. The lowest BCUT2D eigenvalue weighted by atomic mass is 9.86. The molecule has 1 fully saturated rings. The molecule has 4 rings (SSSR count). The summed E-state index contributed by atoms with van der Waals surface area (Å²) in [4.78, 5) is 21.7. The monoisotopic (exact) mass is 581 g/mol. The Morgan fingerprint density at radius 2 is 1.77 bits per heavy atom. The van der Waals surface area contributed by atoms with Gasteiger partial charge in [0.1, 0.15) is 11.8 Å². The van der Waals surface area contributed by atoms with Gasteiger partial charge in [0.25, 0.3) is 0 Å². The van der Waals surface area contributed by atoms with Gasteiger partial charge in [-0.05, 0) is 84.1 Å². The number of ether oxygens (including phenoxy) is 1. The lowest BCUT2D eigenvalue weighted by Gasteiger charge is -2.28. The highest BCUT2D eigenvalue weighted by Crippen LogP contribution is 2.40. The van der Waals surface area contributed by atoms with Crippen LogP contribution in [0.15, 0.2) is 47.6 Å². The maximum Gasteiger partial charge on any atom is 0.407 e. The molecule has 40 heavy (non-hydrogen) atoms. The fourth-order valence-electron chi connectivity index (χ4n) is 4.72. The van der Waals surface area contributed by atoms with Gasteiger partial charge in [0.15, 0.2) is 0 Å². The Bertz CT molecular complexity index is 1490. The number of nitrogens with zero attached hydrogens (tertiary/aromatic N) is 3. The third kappa shape index (κ3) is 7.44. The van der Waals surface area contributed by atoms with Crippen molar-refractivity contribution in [1.82, 2.24) is 20.0 Å². The molecular weight excluding hydrogens is 546 g/mol. The van der Waals surface area contributed by atoms with Gasteiger partial charge in [-0.3, -0.25) is 0 Å². The first-order valence-electron chi connectivity index (χ1n) is 13.3. The number of alkyl carbamates (subject to hydrolysis) is 1. The number of carbonyl (C=O) groups is 1. The summed E-state index contributed by atoms with van der Waals surface area (Å²) >= 11 is 1.51. The van der Waals surface area contributed by atoms with E-state index in [1.54, 1.807) is 51.4 Å². The summed E-state index contributed by atoms with van der Waals surface area (Å²) < 4.78 is 35.2. The Morgan fingerprint density at radius 3 is 2.38 bits per heavy atom. The number of nitriles is 1. The van der Waals surface area contributed by atoms with Gasteiger partial charge in [0.05, 0.1) is 20.9 Å².